The van der Waals surface area contributed by atoms with Crippen molar-refractivity contribution in [2.24, 2.45) is 10.9 Å². The number of aliphatic imine (C=N–C) groups is 1. The summed E-state index contributed by atoms with van der Waals surface area (Å²) in [7, 11) is 5.20. The molecule has 3 atom stereocenters. The molecule has 4 aromatic carbocycles. The normalized spacial score (nSPS) is 15.4. The van der Waals surface area contributed by atoms with Crippen molar-refractivity contribution in [3.63, 3.8) is 0 Å². The molecule has 3 unspecified atom stereocenters. The van der Waals surface area contributed by atoms with E-state index in [1.165, 1.54) is 7.11 Å². The first-order chi connectivity index (χ1) is 28.6. The summed E-state index contributed by atoms with van der Waals surface area (Å²) in [4.78, 5) is 54.9. The first-order valence-corrected chi connectivity index (χ1v) is 20.6. The highest BCUT2D eigenvalue weighted by atomic mass is 16.5. The van der Waals surface area contributed by atoms with E-state index in [9.17, 15) is 14.4 Å². The Hall–Kier alpha value is -6.01. The second-order valence-corrected chi connectivity index (χ2v) is 15.9. The van der Waals surface area contributed by atoms with Gasteiger partial charge in [0.15, 0.2) is 0 Å². The molecule has 0 spiro atoms. The van der Waals surface area contributed by atoms with Crippen molar-refractivity contribution in [1.82, 2.24) is 35.7 Å². The monoisotopic (exact) mass is 798 g/mol. The molecule has 0 radical (unpaired) electrons. The Balaban J connectivity index is 1.04. The summed E-state index contributed by atoms with van der Waals surface area (Å²) in [6.07, 6.45) is 6.31. The zero-order valence-electron chi connectivity index (χ0n) is 35.0. The lowest BCUT2D eigenvalue weighted by Gasteiger charge is -2.29. The summed E-state index contributed by atoms with van der Waals surface area (Å²) in [5.41, 5.74) is 6.98. The van der Waals surface area contributed by atoms with E-state index in [0.717, 1.165) is 94.2 Å². The second kappa shape index (κ2) is 20.1. The van der Waals surface area contributed by atoms with Gasteiger partial charge >= 0.3 is 6.09 Å². The number of nitrogens with one attached hydrogen (secondary N) is 4. The minimum absolute atomic E-state index is 0.0613. The molecule has 4 N–H and O–H groups in total. The number of amides is 3. The molecule has 2 heterocycles. The van der Waals surface area contributed by atoms with Gasteiger partial charge in [-0.05, 0) is 123 Å². The number of likely N-dealkylation sites (N-methyl/N-ethyl adjacent to an activating group) is 1. The summed E-state index contributed by atoms with van der Waals surface area (Å²) in [5, 5.41) is 11.6. The first-order valence-electron chi connectivity index (χ1n) is 20.6. The van der Waals surface area contributed by atoms with E-state index < -0.39 is 12.1 Å². The van der Waals surface area contributed by atoms with Crippen LogP contribution in [0, 0.1) is 5.92 Å². The minimum atomic E-state index is -0.684. The Morgan fingerprint density at radius 1 is 0.949 bits per heavy atom. The lowest BCUT2D eigenvalue weighted by molar-refractivity contribution is -0.135. The molecule has 12 nitrogen and oxygen atoms in total. The van der Waals surface area contributed by atoms with Gasteiger partial charge in [-0.3, -0.25) is 19.5 Å². The average Bonchev–Trinajstić information content (AvgIpc) is 3.91. The number of carbonyl (C=O) groups is 3. The van der Waals surface area contributed by atoms with Gasteiger partial charge in [-0.25, -0.2) is 9.78 Å². The number of carbonyl (C=O) groups excluding carboxylic acids is 3. The molecule has 59 heavy (non-hydrogen) atoms. The van der Waals surface area contributed by atoms with Crippen LogP contribution in [-0.4, -0.2) is 97.3 Å². The van der Waals surface area contributed by atoms with E-state index in [-0.39, 0.29) is 29.8 Å². The van der Waals surface area contributed by atoms with Crippen LogP contribution < -0.4 is 16.0 Å². The van der Waals surface area contributed by atoms with Crippen molar-refractivity contribution in [1.29, 1.82) is 0 Å². The number of hydrogen-bond acceptors (Lipinski definition) is 8. The van der Waals surface area contributed by atoms with E-state index in [1.54, 1.807) is 6.20 Å². The van der Waals surface area contributed by atoms with Crippen LogP contribution in [0.3, 0.4) is 0 Å². The van der Waals surface area contributed by atoms with E-state index in [0.29, 0.717) is 19.5 Å². The smallest absolute Gasteiger partial charge is 0.407 e. The van der Waals surface area contributed by atoms with Crippen molar-refractivity contribution < 1.29 is 19.1 Å². The highest BCUT2D eigenvalue weighted by molar-refractivity contribution is 5.92. The minimum Gasteiger partial charge on any atom is -0.453 e. The Bertz CT molecular complexity index is 2270. The van der Waals surface area contributed by atoms with Gasteiger partial charge in [0.1, 0.15) is 11.9 Å². The van der Waals surface area contributed by atoms with Crippen molar-refractivity contribution in [3.05, 3.63) is 108 Å². The molecule has 1 aliphatic heterocycles. The number of nitrogens with zero attached hydrogens (tertiary/aromatic N) is 4. The van der Waals surface area contributed by atoms with Crippen molar-refractivity contribution in [2.45, 2.75) is 70.5 Å². The molecule has 310 valence electrons. The third kappa shape index (κ3) is 10.7. The van der Waals surface area contributed by atoms with Gasteiger partial charge in [-0.2, -0.15) is 0 Å². The van der Waals surface area contributed by atoms with Gasteiger partial charge in [0, 0.05) is 25.8 Å². The Kier molecular flexibility index (Phi) is 14.5. The van der Waals surface area contributed by atoms with Crippen molar-refractivity contribution in [3.8, 4) is 11.1 Å². The SMILES string of the molecule is C=N/C=C(\NCCCCCNC(=O)C(Cc1ccccc1)N(C)C)c1ccc2cc(-c3ccc4nc(C5CCCN5C(=O)C(NC(=O)OC)C(C)C)[nH]c4c3)ccc2c1. The largest absolute Gasteiger partial charge is 0.453 e. The number of ether oxygens (including phenoxy) is 1. The fraction of sp³-hybridized carbons (Fsp3) is 0.383. The molecule has 1 aliphatic rings. The number of likely N-dealkylation sites (tertiary alicyclic amines) is 1. The average molecular weight is 799 g/mol. The molecule has 6 rings (SSSR count). The van der Waals surface area contributed by atoms with Crippen LogP contribution in [0.1, 0.15) is 68.9 Å². The van der Waals surface area contributed by atoms with Crippen molar-refractivity contribution in [2.75, 3.05) is 40.8 Å². The molecule has 3 amide bonds. The fourth-order valence-electron chi connectivity index (χ4n) is 7.79. The maximum Gasteiger partial charge on any atom is 0.407 e. The number of H-pyrrole nitrogens is 1. The quantitative estimate of drug-likeness (QED) is 0.0532. The Labute approximate surface area is 347 Å². The van der Waals surface area contributed by atoms with Gasteiger partial charge in [0.25, 0.3) is 0 Å². The summed E-state index contributed by atoms with van der Waals surface area (Å²) >= 11 is 0. The van der Waals surface area contributed by atoms with Crippen LogP contribution in [0.4, 0.5) is 4.79 Å². The number of hydrogen-bond donors (Lipinski definition) is 4. The molecule has 1 aromatic heterocycles. The number of alkyl carbamates (subject to hydrolysis) is 1. The number of unbranched alkanes of at least 4 members (excludes halogenated alkanes) is 2. The molecular formula is C47H58N8O4. The summed E-state index contributed by atoms with van der Waals surface area (Å²) in [6.45, 7) is 9.55. The summed E-state index contributed by atoms with van der Waals surface area (Å²) in [5.74, 6) is 0.579. The molecule has 1 fully saturated rings. The molecule has 0 bridgehead atoms. The zero-order chi connectivity index (χ0) is 41.9. The highest BCUT2D eigenvalue weighted by Crippen LogP contribution is 2.34. The van der Waals surface area contributed by atoms with E-state index in [2.05, 4.69) is 93.3 Å². The number of methoxy groups -OCH3 is 1. The number of fused-ring (bicyclic) bond motifs is 2. The fourth-order valence-corrected chi connectivity index (χ4v) is 7.79. The molecular weight excluding hydrogens is 741 g/mol. The highest BCUT2D eigenvalue weighted by Gasteiger charge is 2.37. The van der Waals surface area contributed by atoms with Crippen LogP contribution in [0.2, 0.25) is 0 Å². The van der Waals surface area contributed by atoms with Crippen LogP contribution >= 0.6 is 0 Å². The molecule has 5 aromatic rings. The van der Waals surface area contributed by atoms with Gasteiger partial charge in [0.2, 0.25) is 11.8 Å². The Morgan fingerprint density at radius 2 is 1.66 bits per heavy atom. The molecule has 0 saturated carbocycles. The number of aromatic nitrogens is 2. The first kappa shape index (κ1) is 42.6. The third-order valence-electron chi connectivity index (χ3n) is 11.1. The van der Waals surface area contributed by atoms with Crippen LogP contribution in [0.15, 0.2) is 96.1 Å². The number of rotatable bonds is 18. The van der Waals surface area contributed by atoms with Crippen molar-refractivity contribution >= 4 is 52.1 Å². The molecule has 12 heteroatoms. The van der Waals surface area contributed by atoms with Crippen LogP contribution in [-0.2, 0) is 20.7 Å². The standard InChI is InChI=1S/C47H58N8O4/c1-31(2)43(53-47(58)59-6)46(57)55-25-13-16-41(55)44-51-38-22-21-36(29-39(38)52-44)34-17-18-35-28-37(20-19-33(35)27-34)40(30-48-3)49-23-11-8-12-24-50-45(56)42(54(4)5)26-32-14-9-7-10-15-32/h7,9-10,14-15,17-22,27-31,41-43,49H,3,8,11-13,16,23-26H2,1-2,4-6H3,(H,50,56)(H,51,52)(H,53,58)/b40-30-. The van der Waals surface area contributed by atoms with E-state index in [1.807, 2.05) is 62.0 Å². The van der Waals surface area contributed by atoms with E-state index in [4.69, 9.17) is 9.72 Å². The topological polar surface area (TPSA) is 144 Å². The molecule has 0 aliphatic carbocycles. The maximum atomic E-state index is 13.6. The maximum absolute atomic E-state index is 13.6. The Morgan fingerprint density at radius 3 is 2.39 bits per heavy atom. The lowest BCUT2D eigenvalue weighted by atomic mass is 9.99. The number of benzene rings is 4. The van der Waals surface area contributed by atoms with E-state index >= 15 is 0 Å². The zero-order valence-corrected chi connectivity index (χ0v) is 35.0. The second-order valence-electron chi connectivity index (χ2n) is 15.9. The van der Waals surface area contributed by atoms with Gasteiger partial charge in [-0.15, -0.1) is 0 Å². The predicted molar refractivity (Wildman–Crippen MR) is 237 cm³/mol. The van der Waals surface area contributed by atoms with Crippen LogP contribution in [0.5, 0.6) is 0 Å². The summed E-state index contributed by atoms with van der Waals surface area (Å²) < 4.78 is 4.78. The van der Waals surface area contributed by atoms with Gasteiger partial charge in [-0.1, -0.05) is 74.5 Å². The number of imidazole rings is 1. The number of aromatic amines is 1. The molecule has 1 saturated heterocycles. The van der Waals surface area contributed by atoms with Gasteiger partial charge < -0.3 is 30.6 Å². The predicted octanol–water partition coefficient (Wildman–Crippen LogP) is 7.48. The summed E-state index contributed by atoms with van der Waals surface area (Å²) in [6, 6.07) is 28.1. The van der Waals surface area contributed by atoms with Gasteiger partial charge in [0.05, 0.1) is 35.9 Å². The lowest BCUT2D eigenvalue weighted by Crippen LogP contribution is -2.51. The van der Waals surface area contributed by atoms with Crippen LogP contribution in [0.25, 0.3) is 38.6 Å². The third-order valence-corrected chi connectivity index (χ3v) is 11.1.